The van der Waals surface area contributed by atoms with Crippen molar-refractivity contribution in [2.24, 2.45) is 0 Å². The molecule has 1 aromatic heterocycles. The molecule has 0 spiro atoms. The van der Waals surface area contributed by atoms with Crippen molar-refractivity contribution in [3.63, 3.8) is 0 Å². The Labute approximate surface area is 185 Å². The molecule has 1 aliphatic rings. The van der Waals surface area contributed by atoms with Gasteiger partial charge in [0.25, 0.3) is 0 Å². The molecule has 0 aliphatic carbocycles. The molecule has 3 aromatic rings. The molecule has 1 amide bonds. The van der Waals surface area contributed by atoms with E-state index < -0.39 is 0 Å². The lowest BCUT2D eigenvalue weighted by Crippen LogP contribution is -2.51. The van der Waals surface area contributed by atoms with Crippen LogP contribution >= 0.6 is 23.1 Å². The fourth-order valence-corrected chi connectivity index (χ4v) is 4.33. The summed E-state index contributed by atoms with van der Waals surface area (Å²) in [5.41, 5.74) is 2.28. The summed E-state index contributed by atoms with van der Waals surface area (Å²) in [5.74, 6) is 0.902. The third-order valence-corrected chi connectivity index (χ3v) is 6.27. The largest absolute Gasteiger partial charge is 0.368 e. The van der Waals surface area contributed by atoms with Crippen LogP contribution in [0.3, 0.4) is 0 Å². The van der Waals surface area contributed by atoms with Crippen molar-refractivity contribution in [2.75, 3.05) is 49.6 Å². The predicted molar refractivity (Wildman–Crippen MR) is 123 cm³/mol. The smallest absolute Gasteiger partial charge is 0.242 e. The molecule has 8 heteroatoms. The van der Waals surface area contributed by atoms with Gasteiger partial charge in [-0.1, -0.05) is 48.0 Å². The van der Waals surface area contributed by atoms with E-state index in [1.165, 1.54) is 17.1 Å². The zero-order chi connectivity index (χ0) is 20.9. The van der Waals surface area contributed by atoms with Crippen molar-refractivity contribution in [2.45, 2.75) is 6.42 Å². The first-order chi connectivity index (χ1) is 14.6. The van der Waals surface area contributed by atoms with Gasteiger partial charge in [0.1, 0.15) is 5.82 Å². The Balaban J connectivity index is 1.29. The number of nitrogens with zero attached hydrogens (tertiary/aromatic N) is 5. The summed E-state index contributed by atoms with van der Waals surface area (Å²) in [4.78, 5) is 23.5. The molecule has 30 heavy (non-hydrogen) atoms. The lowest BCUT2D eigenvalue weighted by molar-refractivity contribution is -0.129. The summed E-state index contributed by atoms with van der Waals surface area (Å²) in [6.45, 7) is 3.31. The SMILES string of the molecule is CN(CC(=O)N1CCN(c2cccc(Cl)c2)CC1)c1nc(Cc2ccccc2)ns1. The summed E-state index contributed by atoms with van der Waals surface area (Å²) in [6, 6.07) is 18.0. The molecule has 0 N–H and O–H groups in total. The summed E-state index contributed by atoms with van der Waals surface area (Å²) in [7, 11) is 1.90. The Morgan fingerprint density at radius 3 is 2.60 bits per heavy atom. The van der Waals surface area contributed by atoms with Crippen LogP contribution in [0.4, 0.5) is 10.8 Å². The van der Waals surface area contributed by atoms with E-state index in [2.05, 4.69) is 32.5 Å². The van der Waals surface area contributed by atoms with Crippen molar-refractivity contribution in [3.8, 4) is 0 Å². The van der Waals surface area contributed by atoms with Gasteiger partial charge >= 0.3 is 0 Å². The predicted octanol–water partition coefficient (Wildman–Crippen LogP) is 3.57. The first-order valence-corrected chi connectivity index (χ1v) is 11.1. The Hall–Kier alpha value is -2.64. The topological polar surface area (TPSA) is 52.6 Å². The van der Waals surface area contributed by atoms with E-state index in [0.29, 0.717) is 26.1 Å². The molecule has 0 atom stereocenters. The molecule has 1 aliphatic heterocycles. The molecule has 0 radical (unpaired) electrons. The van der Waals surface area contributed by atoms with Crippen LogP contribution in [-0.2, 0) is 11.2 Å². The van der Waals surface area contributed by atoms with E-state index in [9.17, 15) is 4.79 Å². The third-order valence-electron chi connectivity index (χ3n) is 5.17. The highest BCUT2D eigenvalue weighted by Crippen LogP contribution is 2.21. The van der Waals surface area contributed by atoms with Crippen LogP contribution in [0.5, 0.6) is 0 Å². The number of carbonyl (C=O) groups excluding carboxylic acids is 1. The van der Waals surface area contributed by atoms with E-state index in [-0.39, 0.29) is 5.91 Å². The van der Waals surface area contributed by atoms with Gasteiger partial charge in [0.15, 0.2) is 0 Å². The standard InChI is InChI=1S/C22H24ClN5OS/c1-26(22-24-20(25-30-22)14-17-6-3-2-4-7-17)16-21(29)28-12-10-27(11-13-28)19-9-5-8-18(23)15-19/h2-9,15H,10-14,16H2,1H3. The van der Waals surface area contributed by atoms with Crippen LogP contribution in [0, 0.1) is 0 Å². The molecule has 0 saturated carbocycles. The second-order valence-electron chi connectivity index (χ2n) is 7.36. The quantitative estimate of drug-likeness (QED) is 0.585. The minimum Gasteiger partial charge on any atom is -0.368 e. The number of amides is 1. The number of anilines is 2. The van der Waals surface area contributed by atoms with E-state index in [0.717, 1.165) is 34.8 Å². The number of piperazine rings is 1. The molecular weight excluding hydrogens is 418 g/mol. The second-order valence-corrected chi connectivity index (χ2v) is 8.53. The number of hydrogen-bond acceptors (Lipinski definition) is 6. The molecular formula is C22H24ClN5OS. The highest BCUT2D eigenvalue weighted by molar-refractivity contribution is 7.09. The van der Waals surface area contributed by atoms with Gasteiger partial charge in [-0.25, -0.2) is 4.98 Å². The Kier molecular flexibility index (Phi) is 6.50. The van der Waals surface area contributed by atoms with Crippen molar-refractivity contribution in [1.29, 1.82) is 0 Å². The van der Waals surface area contributed by atoms with E-state index in [4.69, 9.17) is 11.6 Å². The van der Waals surface area contributed by atoms with Gasteiger partial charge in [0, 0.05) is 61.9 Å². The molecule has 0 unspecified atom stereocenters. The Morgan fingerprint density at radius 1 is 1.10 bits per heavy atom. The lowest BCUT2D eigenvalue weighted by Gasteiger charge is -2.36. The zero-order valence-electron chi connectivity index (χ0n) is 16.9. The van der Waals surface area contributed by atoms with Gasteiger partial charge in [0.2, 0.25) is 11.0 Å². The molecule has 2 aromatic carbocycles. The Morgan fingerprint density at radius 2 is 1.87 bits per heavy atom. The average molecular weight is 442 g/mol. The minimum atomic E-state index is 0.114. The van der Waals surface area contributed by atoms with Crippen molar-refractivity contribution in [1.82, 2.24) is 14.3 Å². The van der Waals surface area contributed by atoms with Crippen LogP contribution in [-0.4, -0.2) is 59.9 Å². The minimum absolute atomic E-state index is 0.114. The van der Waals surface area contributed by atoms with E-state index >= 15 is 0 Å². The first kappa shape index (κ1) is 20.6. The fourth-order valence-electron chi connectivity index (χ4n) is 3.51. The van der Waals surface area contributed by atoms with E-state index in [1.807, 2.05) is 53.2 Å². The zero-order valence-corrected chi connectivity index (χ0v) is 18.4. The number of likely N-dealkylation sites (N-methyl/N-ethyl adjacent to an activating group) is 1. The maximum Gasteiger partial charge on any atom is 0.242 e. The van der Waals surface area contributed by atoms with Crippen molar-refractivity contribution in [3.05, 3.63) is 71.0 Å². The number of aromatic nitrogens is 2. The summed E-state index contributed by atoms with van der Waals surface area (Å²) >= 11 is 7.44. The molecule has 156 valence electrons. The van der Waals surface area contributed by atoms with Crippen LogP contribution in [0.2, 0.25) is 5.02 Å². The van der Waals surface area contributed by atoms with Crippen LogP contribution in [0.15, 0.2) is 54.6 Å². The maximum atomic E-state index is 12.8. The third kappa shape index (κ3) is 5.09. The first-order valence-electron chi connectivity index (χ1n) is 9.94. The van der Waals surface area contributed by atoms with Crippen LogP contribution in [0.25, 0.3) is 0 Å². The van der Waals surface area contributed by atoms with Crippen LogP contribution < -0.4 is 9.80 Å². The maximum absolute atomic E-state index is 12.8. The van der Waals surface area contributed by atoms with Crippen molar-refractivity contribution >= 4 is 39.9 Å². The highest BCUT2D eigenvalue weighted by atomic mass is 35.5. The van der Waals surface area contributed by atoms with Crippen molar-refractivity contribution < 1.29 is 4.79 Å². The number of rotatable bonds is 6. The van der Waals surface area contributed by atoms with Gasteiger partial charge in [-0.15, -0.1) is 0 Å². The normalized spacial score (nSPS) is 14.1. The van der Waals surface area contributed by atoms with E-state index in [1.54, 1.807) is 0 Å². The molecule has 2 heterocycles. The molecule has 4 rings (SSSR count). The van der Waals surface area contributed by atoms with Gasteiger partial charge in [-0.2, -0.15) is 4.37 Å². The summed E-state index contributed by atoms with van der Waals surface area (Å²) < 4.78 is 4.45. The Bertz CT molecular complexity index is 988. The molecule has 6 nitrogen and oxygen atoms in total. The van der Waals surface area contributed by atoms with Gasteiger partial charge in [-0.3, -0.25) is 4.79 Å². The molecule has 1 fully saturated rings. The van der Waals surface area contributed by atoms with Crippen LogP contribution in [0.1, 0.15) is 11.4 Å². The number of carbonyl (C=O) groups is 1. The van der Waals surface area contributed by atoms with Gasteiger partial charge in [0.05, 0.1) is 6.54 Å². The monoisotopic (exact) mass is 441 g/mol. The summed E-state index contributed by atoms with van der Waals surface area (Å²) in [5, 5.41) is 1.50. The molecule has 1 saturated heterocycles. The molecule has 0 bridgehead atoms. The lowest BCUT2D eigenvalue weighted by atomic mass is 10.1. The second kappa shape index (κ2) is 9.45. The average Bonchev–Trinajstić information content (AvgIpc) is 3.23. The van der Waals surface area contributed by atoms with Gasteiger partial charge < -0.3 is 14.7 Å². The number of hydrogen-bond donors (Lipinski definition) is 0. The fraction of sp³-hybridized carbons (Fsp3) is 0.318. The number of benzene rings is 2. The highest BCUT2D eigenvalue weighted by Gasteiger charge is 2.23. The number of halogens is 1. The van der Waals surface area contributed by atoms with Gasteiger partial charge in [-0.05, 0) is 23.8 Å². The summed E-state index contributed by atoms with van der Waals surface area (Å²) in [6.07, 6.45) is 0.699.